The maximum atomic E-state index is 11.9. The Labute approximate surface area is 116 Å². The van der Waals surface area contributed by atoms with Crippen LogP contribution in [0.5, 0.6) is 11.5 Å². The lowest BCUT2D eigenvalue weighted by atomic mass is 10.1. The van der Waals surface area contributed by atoms with Gasteiger partial charge in [-0.15, -0.1) is 0 Å². The van der Waals surface area contributed by atoms with Crippen LogP contribution in [0.25, 0.3) is 0 Å². The molecule has 0 aliphatic heterocycles. The molecule has 0 amide bonds. The summed E-state index contributed by atoms with van der Waals surface area (Å²) in [7, 11) is 0. The number of phenolic OH excluding ortho intramolecular Hbond substituents is 1. The Balaban J connectivity index is 2.30. The first-order valence-electron chi connectivity index (χ1n) is 6.65. The summed E-state index contributed by atoms with van der Waals surface area (Å²) < 4.78 is 41.1. The van der Waals surface area contributed by atoms with Gasteiger partial charge in [0.15, 0.2) is 11.5 Å². The zero-order valence-electron chi connectivity index (χ0n) is 11.5. The van der Waals surface area contributed by atoms with Gasteiger partial charge in [-0.1, -0.05) is 12.1 Å². The van der Waals surface area contributed by atoms with Gasteiger partial charge in [-0.2, -0.15) is 13.2 Å². The van der Waals surface area contributed by atoms with Gasteiger partial charge in [0.2, 0.25) is 0 Å². The monoisotopic (exact) mass is 291 g/mol. The molecule has 114 valence electrons. The SMILES string of the molecule is CCOc1cccc(CNCCCCC(F)(F)F)c1O. The van der Waals surface area contributed by atoms with Crippen LogP contribution in [-0.4, -0.2) is 24.4 Å². The van der Waals surface area contributed by atoms with Gasteiger partial charge in [0.25, 0.3) is 0 Å². The molecule has 0 aliphatic rings. The molecule has 2 N–H and O–H groups in total. The van der Waals surface area contributed by atoms with Crippen LogP contribution in [0.3, 0.4) is 0 Å². The van der Waals surface area contributed by atoms with Gasteiger partial charge in [0, 0.05) is 18.5 Å². The lowest BCUT2D eigenvalue weighted by molar-refractivity contribution is -0.135. The third-order valence-corrected chi connectivity index (χ3v) is 2.76. The minimum atomic E-state index is -4.08. The summed E-state index contributed by atoms with van der Waals surface area (Å²) in [6, 6.07) is 5.19. The Morgan fingerprint density at radius 1 is 1.25 bits per heavy atom. The summed E-state index contributed by atoms with van der Waals surface area (Å²) in [4.78, 5) is 0. The molecule has 0 heterocycles. The van der Waals surface area contributed by atoms with Crippen LogP contribution in [0, 0.1) is 0 Å². The van der Waals surface area contributed by atoms with E-state index in [-0.39, 0.29) is 12.2 Å². The molecule has 0 spiro atoms. The number of alkyl halides is 3. The van der Waals surface area contributed by atoms with Crippen molar-refractivity contribution in [3.8, 4) is 11.5 Å². The average Bonchev–Trinajstić information content (AvgIpc) is 2.36. The number of ether oxygens (including phenoxy) is 1. The van der Waals surface area contributed by atoms with Crippen molar-refractivity contribution in [2.24, 2.45) is 0 Å². The second-order valence-electron chi connectivity index (χ2n) is 4.45. The fourth-order valence-electron chi connectivity index (χ4n) is 1.78. The number of phenols is 1. The van der Waals surface area contributed by atoms with Gasteiger partial charge in [-0.3, -0.25) is 0 Å². The molecule has 0 aromatic heterocycles. The summed E-state index contributed by atoms with van der Waals surface area (Å²) in [5, 5.41) is 12.9. The first-order valence-corrected chi connectivity index (χ1v) is 6.65. The molecule has 0 bridgehead atoms. The van der Waals surface area contributed by atoms with Gasteiger partial charge in [0.05, 0.1) is 6.61 Å². The molecular formula is C14H20F3NO2. The Hall–Kier alpha value is -1.43. The molecule has 3 nitrogen and oxygen atoms in total. The standard InChI is InChI=1S/C14H20F3NO2/c1-2-20-12-7-5-6-11(13(12)19)10-18-9-4-3-8-14(15,16)17/h5-7,18-19H,2-4,8-10H2,1H3. The van der Waals surface area contributed by atoms with E-state index >= 15 is 0 Å². The van der Waals surface area contributed by atoms with Crippen molar-refractivity contribution < 1.29 is 23.0 Å². The van der Waals surface area contributed by atoms with Crippen molar-refractivity contribution in [1.29, 1.82) is 0 Å². The lowest BCUT2D eigenvalue weighted by Crippen LogP contribution is -2.16. The Bertz CT molecular complexity index is 408. The number of unbranched alkanes of at least 4 members (excludes halogenated alkanes) is 1. The second kappa shape index (κ2) is 7.99. The predicted molar refractivity (Wildman–Crippen MR) is 70.9 cm³/mol. The van der Waals surface area contributed by atoms with Crippen molar-refractivity contribution in [3.05, 3.63) is 23.8 Å². The molecule has 1 rings (SSSR count). The van der Waals surface area contributed by atoms with Crippen LogP contribution in [-0.2, 0) is 6.54 Å². The lowest BCUT2D eigenvalue weighted by Gasteiger charge is -2.11. The number of hydrogen-bond acceptors (Lipinski definition) is 3. The summed E-state index contributed by atoms with van der Waals surface area (Å²) in [6.07, 6.45) is -4.27. The highest BCUT2D eigenvalue weighted by molar-refractivity contribution is 5.45. The first-order chi connectivity index (χ1) is 9.44. The van der Waals surface area contributed by atoms with Crippen LogP contribution in [0.1, 0.15) is 31.7 Å². The van der Waals surface area contributed by atoms with Crippen LogP contribution in [0.15, 0.2) is 18.2 Å². The molecule has 0 saturated heterocycles. The van der Waals surface area contributed by atoms with Gasteiger partial charge < -0.3 is 15.2 Å². The maximum Gasteiger partial charge on any atom is 0.389 e. The quantitative estimate of drug-likeness (QED) is 0.719. The summed E-state index contributed by atoms with van der Waals surface area (Å²) in [5.74, 6) is 0.501. The molecule has 0 aliphatic carbocycles. The topological polar surface area (TPSA) is 41.5 Å². The zero-order valence-corrected chi connectivity index (χ0v) is 11.5. The van der Waals surface area contributed by atoms with Gasteiger partial charge in [-0.25, -0.2) is 0 Å². The largest absolute Gasteiger partial charge is 0.504 e. The summed E-state index contributed by atoms with van der Waals surface area (Å²) >= 11 is 0. The fraction of sp³-hybridized carbons (Fsp3) is 0.571. The Morgan fingerprint density at radius 3 is 2.65 bits per heavy atom. The van der Waals surface area contributed by atoms with Crippen LogP contribution >= 0.6 is 0 Å². The molecule has 0 fully saturated rings. The molecule has 0 atom stereocenters. The fourth-order valence-corrected chi connectivity index (χ4v) is 1.78. The Kier molecular flexibility index (Phi) is 6.64. The average molecular weight is 291 g/mol. The van der Waals surface area contributed by atoms with Gasteiger partial charge in [0.1, 0.15) is 0 Å². The molecule has 0 saturated carbocycles. The maximum absolute atomic E-state index is 11.9. The summed E-state index contributed by atoms with van der Waals surface area (Å²) in [5.41, 5.74) is 0.673. The number of halogens is 3. The van der Waals surface area contributed by atoms with Crippen molar-refractivity contribution >= 4 is 0 Å². The molecule has 20 heavy (non-hydrogen) atoms. The number of benzene rings is 1. The van der Waals surface area contributed by atoms with E-state index in [9.17, 15) is 18.3 Å². The van der Waals surface area contributed by atoms with Crippen molar-refractivity contribution in [2.75, 3.05) is 13.2 Å². The number of nitrogens with one attached hydrogen (secondary N) is 1. The molecule has 1 aromatic carbocycles. The summed E-state index contributed by atoms with van der Waals surface area (Å²) in [6.45, 7) is 3.17. The predicted octanol–water partition coefficient (Wildman–Crippen LogP) is 3.61. The smallest absolute Gasteiger partial charge is 0.389 e. The molecule has 1 aromatic rings. The Morgan fingerprint density at radius 2 is 2.00 bits per heavy atom. The van der Waals surface area contributed by atoms with Gasteiger partial charge in [-0.05, 0) is 32.4 Å². The molecule has 0 unspecified atom stereocenters. The number of hydrogen-bond donors (Lipinski definition) is 2. The van der Waals surface area contributed by atoms with E-state index in [0.29, 0.717) is 37.4 Å². The van der Waals surface area contributed by atoms with E-state index in [2.05, 4.69) is 5.32 Å². The highest BCUT2D eigenvalue weighted by Crippen LogP contribution is 2.29. The second-order valence-corrected chi connectivity index (χ2v) is 4.45. The van der Waals surface area contributed by atoms with E-state index in [1.54, 1.807) is 18.2 Å². The highest BCUT2D eigenvalue weighted by Gasteiger charge is 2.25. The van der Waals surface area contributed by atoms with E-state index in [1.165, 1.54) is 0 Å². The highest BCUT2D eigenvalue weighted by atomic mass is 19.4. The van der Waals surface area contributed by atoms with Crippen LogP contribution in [0.2, 0.25) is 0 Å². The molecule has 6 heteroatoms. The number of rotatable bonds is 8. The minimum absolute atomic E-state index is 0.0807. The van der Waals surface area contributed by atoms with Crippen LogP contribution in [0.4, 0.5) is 13.2 Å². The zero-order chi connectivity index (χ0) is 15.0. The van der Waals surface area contributed by atoms with Crippen molar-refractivity contribution in [3.63, 3.8) is 0 Å². The number of aromatic hydroxyl groups is 1. The van der Waals surface area contributed by atoms with Crippen molar-refractivity contribution in [1.82, 2.24) is 5.32 Å². The third-order valence-electron chi connectivity index (χ3n) is 2.76. The van der Waals surface area contributed by atoms with E-state index < -0.39 is 12.6 Å². The van der Waals surface area contributed by atoms with E-state index in [0.717, 1.165) is 0 Å². The van der Waals surface area contributed by atoms with E-state index in [4.69, 9.17) is 4.74 Å². The third kappa shape index (κ3) is 6.14. The van der Waals surface area contributed by atoms with E-state index in [1.807, 2.05) is 6.92 Å². The molecular weight excluding hydrogens is 271 g/mol. The molecule has 0 radical (unpaired) electrons. The van der Waals surface area contributed by atoms with Gasteiger partial charge >= 0.3 is 6.18 Å². The first kappa shape index (κ1) is 16.6. The number of para-hydroxylation sites is 1. The van der Waals surface area contributed by atoms with Crippen LogP contribution < -0.4 is 10.1 Å². The normalized spacial score (nSPS) is 11.6. The van der Waals surface area contributed by atoms with Crippen molar-refractivity contribution in [2.45, 2.75) is 38.9 Å². The minimum Gasteiger partial charge on any atom is -0.504 e.